The number of rotatable bonds is 2. The minimum Gasteiger partial charge on any atom is -0.384 e. The molecular weight excluding hydrogens is 274 g/mol. The molecule has 0 radical (unpaired) electrons. The summed E-state index contributed by atoms with van der Waals surface area (Å²) in [6.45, 7) is 0. The molecule has 7 heteroatoms. The zero-order chi connectivity index (χ0) is 14.5. The van der Waals surface area contributed by atoms with Gasteiger partial charge in [-0.25, -0.2) is 9.07 Å². The van der Waals surface area contributed by atoms with Crippen molar-refractivity contribution in [1.82, 2.24) is 9.78 Å². The maximum absolute atomic E-state index is 13.0. The molecular formula is C13H11F4N3. The topological polar surface area (TPSA) is 43.8 Å². The van der Waals surface area contributed by atoms with Crippen LogP contribution in [0.2, 0.25) is 0 Å². The highest BCUT2D eigenvalue weighted by molar-refractivity contribution is 5.46. The average Bonchev–Trinajstić information content (AvgIpc) is 3.10. The van der Waals surface area contributed by atoms with Gasteiger partial charge in [0.25, 0.3) is 0 Å². The molecule has 1 saturated carbocycles. The maximum atomic E-state index is 13.0. The number of nitrogens with zero attached hydrogens (tertiary/aromatic N) is 2. The molecule has 0 amide bonds. The van der Waals surface area contributed by atoms with E-state index in [1.165, 1.54) is 35.0 Å². The molecule has 1 aromatic heterocycles. The second kappa shape index (κ2) is 3.97. The predicted molar refractivity (Wildman–Crippen MR) is 64.9 cm³/mol. The highest BCUT2D eigenvalue weighted by Crippen LogP contribution is 2.58. The first-order chi connectivity index (χ1) is 9.33. The normalized spacial score (nSPS) is 17.2. The fraction of sp³-hybridized carbons (Fsp3) is 0.308. The van der Waals surface area contributed by atoms with Crippen molar-refractivity contribution in [3.05, 3.63) is 41.8 Å². The molecule has 2 N–H and O–H groups in total. The van der Waals surface area contributed by atoms with Crippen LogP contribution in [-0.4, -0.2) is 16.0 Å². The first-order valence-electron chi connectivity index (χ1n) is 6.02. The number of halogens is 4. The van der Waals surface area contributed by atoms with Crippen LogP contribution in [0.4, 0.5) is 23.4 Å². The predicted octanol–water partition coefficient (Wildman–Crippen LogP) is 3.19. The van der Waals surface area contributed by atoms with Gasteiger partial charge in [0.15, 0.2) is 0 Å². The molecule has 0 atom stereocenters. The van der Waals surface area contributed by atoms with Gasteiger partial charge in [-0.2, -0.15) is 18.3 Å². The summed E-state index contributed by atoms with van der Waals surface area (Å²) in [6.07, 6.45) is -4.28. The van der Waals surface area contributed by atoms with E-state index in [4.69, 9.17) is 5.73 Å². The van der Waals surface area contributed by atoms with E-state index in [-0.39, 0.29) is 24.4 Å². The summed E-state index contributed by atoms with van der Waals surface area (Å²) in [4.78, 5) is 0. The van der Waals surface area contributed by atoms with Gasteiger partial charge in [0.05, 0.1) is 11.4 Å². The van der Waals surface area contributed by atoms with Crippen molar-refractivity contribution in [2.75, 3.05) is 5.73 Å². The number of benzene rings is 1. The molecule has 1 heterocycles. The second-order valence-electron chi connectivity index (χ2n) is 4.92. The summed E-state index contributed by atoms with van der Waals surface area (Å²) in [5.41, 5.74) is 4.20. The zero-order valence-corrected chi connectivity index (χ0v) is 10.3. The number of hydrogen-bond donors (Lipinski definition) is 1. The molecule has 3 nitrogen and oxygen atoms in total. The van der Waals surface area contributed by atoms with Crippen LogP contribution in [0.5, 0.6) is 0 Å². The van der Waals surface area contributed by atoms with Crippen molar-refractivity contribution < 1.29 is 17.6 Å². The first kappa shape index (κ1) is 13.0. The highest BCUT2D eigenvalue weighted by Gasteiger charge is 2.65. The lowest BCUT2D eigenvalue weighted by atomic mass is 10.0. The highest BCUT2D eigenvalue weighted by atomic mass is 19.4. The Morgan fingerprint density at radius 3 is 2.25 bits per heavy atom. The minimum atomic E-state index is -4.33. The number of hydrogen-bond acceptors (Lipinski definition) is 2. The van der Waals surface area contributed by atoms with Crippen LogP contribution in [0.3, 0.4) is 0 Å². The number of anilines is 1. The molecule has 0 bridgehead atoms. The third-order valence-corrected chi connectivity index (χ3v) is 3.59. The molecule has 0 spiro atoms. The van der Waals surface area contributed by atoms with Crippen LogP contribution >= 0.6 is 0 Å². The summed E-state index contributed by atoms with van der Waals surface area (Å²) < 4.78 is 53.2. The van der Waals surface area contributed by atoms with Crippen molar-refractivity contribution in [2.24, 2.45) is 0 Å². The summed E-state index contributed by atoms with van der Waals surface area (Å²) in [5, 5.41) is 3.96. The smallest absolute Gasteiger partial charge is 0.384 e. The summed E-state index contributed by atoms with van der Waals surface area (Å²) in [5.74, 6) is -0.337. The van der Waals surface area contributed by atoms with E-state index in [0.717, 1.165) is 0 Å². The Labute approximate surface area is 112 Å². The monoisotopic (exact) mass is 285 g/mol. The van der Waals surface area contributed by atoms with E-state index in [1.54, 1.807) is 0 Å². The van der Waals surface area contributed by atoms with Crippen LogP contribution in [0.25, 0.3) is 5.69 Å². The number of alkyl halides is 3. The van der Waals surface area contributed by atoms with E-state index in [2.05, 4.69) is 5.10 Å². The largest absolute Gasteiger partial charge is 0.400 e. The van der Waals surface area contributed by atoms with E-state index < -0.39 is 17.4 Å². The lowest BCUT2D eigenvalue weighted by Gasteiger charge is -2.16. The molecule has 1 aliphatic carbocycles. The Balaban J connectivity index is 2.02. The quantitative estimate of drug-likeness (QED) is 0.861. The van der Waals surface area contributed by atoms with Gasteiger partial charge in [-0.3, -0.25) is 0 Å². The molecule has 20 heavy (non-hydrogen) atoms. The fourth-order valence-electron chi connectivity index (χ4n) is 2.23. The van der Waals surface area contributed by atoms with Gasteiger partial charge in [-0.1, -0.05) is 0 Å². The molecule has 1 fully saturated rings. The second-order valence-corrected chi connectivity index (χ2v) is 4.92. The molecule has 0 aliphatic heterocycles. The fourth-order valence-corrected chi connectivity index (χ4v) is 2.23. The summed E-state index contributed by atoms with van der Waals surface area (Å²) >= 11 is 0. The van der Waals surface area contributed by atoms with E-state index in [9.17, 15) is 17.6 Å². The van der Waals surface area contributed by atoms with Crippen molar-refractivity contribution in [1.29, 1.82) is 0 Å². The third-order valence-electron chi connectivity index (χ3n) is 3.59. The Hall–Kier alpha value is -2.05. The van der Waals surface area contributed by atoms with Gasteiger partial charge in [0, 0.05) is 6.07 Å². The molecule has 106 valence electrons. The van der Waals surface area contributed by atoms with Crippen molar-refractivity contribution >= 4 is 5.82 Å². The van der Waals surface area contributed by atoms with Gasteiger partial charge in [0.2, 0.25) is 0 Å². The van der Waals surface area contributed by atoms with Gasteiger partial charge in [0.1, 0.15) is 17.1 Å². The number of nitrogens with two attached hydrogens (primary N) is 1. The van der Waals surface area contributed by atoms with Gasteiger partial charge < -0.3 is 5.73 Å². The van der Waals surface area contributed by atoms with Crippen LogP contribution in [0.15, 0.2) is 30.3 Å². The number of nitrogen functional groups attached to an aromatic ring is 1. The lowest BCUT2D eigenvalue weighted by Crippen LogP contribution is -2.29. The Bertz CT molecular complexity index is 639. The van der Waals surface area contributed by atoms with Gasteiger partial charge in [-0.05, 0) is 37.1 Å². The molecule has 1 aliphatic rings. The molecule has 1 aromatic carbocycles. The zero-order valence-electron chi connectivity index (χ0n) is 10.3. The Morgan fingerprint density at radius 1 is 1.15 bits per heavy atom. The Morgan fingerprint density at radius 2 is 1.75 bits per heavy atom. The van der Waals surface area contributed by atoms with Crippen LogP contribution < -0.4 is 5.73 Å². The van der Waals surface area contributed by atoms with E-state index in [0.29, 0.717) is 5.69 Å². The first-order valence-corrected chi connectivity index (χ1v) is 6.02. The summed E-state index contributed by atoms with van der Waals surface area (Å²) in [6, 6.07) is 6.47. The van der Waals surface area contributed by atoms with Gasteiger partial charge in [-0.15, -0.1) is 0 Å². The SMILES string of the molecule is Nc1cc(C2(C(F)(F)F)CC2)nn1-c1ccc(F)cc1. The summed E-state index contributed by atoms with van der Waals surface area (Å²) in [7, 11) is 0. The third kappa shape index (κ3) is 1.85. The van der Waals surface area contributed by atoms with Crippen molar-refractivity contribution in [3.8, 4) is 5.69 Å². The molecule has 2 aromatic rings. The van der Waals surface area contributed by atoms with Crippen molar-refractivity contribution in [3.63, 3.8) is 0 Å². The van der Waals surface area contributed by atoms with Crippen LogP contribution in [-0.2, 0) is 5.41 Å². The molecule has 3 rings (SSSR count). The molecule has 0 unspecified atom stereocenters. The standard InChI is InChI=1S/C13H11F4N3/c14-8-1-3-9(4-2-8)20-11(18)7-10(19-20)12(5-6-12)13(15,16)17/h1-4,7H,5-6,18H2. The number of aromatic nitrogens is 2. The van der Waals surface area contributed by atoms with Gasteiger partial charge >= 0.3 is 6.18 Å². The average molecular weight is 285 g/mol. The van der Waals surface area contributed by atoms with E-state index in [1.807, 2.05) is 0 Å². The molecule has 0 saturated heterocycles. The lowest BCUT2D eigenvalue weighted by molar-refractivity contribution is -0.161. The van der Waals surface area contributed by atoms with Crippen molar-refractivity contribution in [2.45, 2.75) is 24.4 Å². The maximum Gasteiger partial charge on any atom is 0.400 e. The van der Waals surface area contributed by atoms with E-state index >= 15 is 0 Å². The minimum absolute atomic E-state index is 0.0242. The van der Waals surface area contributed by atoms with Crippen LogP contribution in [0, 0.1) is 5.82 Å². The van der Waals surface area contributed by atoms with Crippen LogP contribution in [0.1, 0.15) is 18.5 Å². The Kier molecular flexibility index (Phi) is 2.57.